The number of carbonyl (C=O) groups is 1. The van der Waals surface area contributed by atoms with Gasteiger partial charge in [0.2, 0.25) is 0 Å². The lowest BCUT2D eigenvalue weighted by Crippen LogP contribution is -2.36. The smallest absolute Gasteiger partial charge is 0.335 e. The van der Waals surface area contributed by atoms with Crippen LogP contribution in [0.5, 0.6) is 0 Å². The third-order valence-corrected chi connectivity index (χ3v) is 5.20. The molecular weight excluding hydrogens is 362 g/mol. The molecule has 2 aromatic rings. The molecule has 0 aliphatic carbocycles. The summed E-state index contributed by atoms with van der Waals surface area (Å²) in [6.07, 6.45) is 4.07. The van der Waals surface area contributed by atoms with Gasteiger partial charge in [-0.15, -0.1) is 0 Å². The average molecular weight is 392 g/mol. The maximum Gasteiger partial charge on any atom is 0.335 e. The topological polar surface area (TPSA) is 49.8 Å². The summed E-state index contributed by atoms with van der Waals surface area (Å²) in [6.45, 7) is 10.7. The molecule has 3 rings (SSSR count). The van der Waals surface area contributed by atoms with E-state index in [1.54, 1.807) is 12.1 Å². The first-order valence-electron chi connectivity index (χ1n) is 10.1. The Kier molecular flexibility index (Phi) is 6.89. The molecular formula is C25H29NO3. The van der Waals surface area contributed by atoms with Crippen LogP contribution in [0.2, 0.25) is 0 Å². The van der Waals surface area contributed by atoms with Crippen LogP contribution in [-0.2, 0) is 11.3 Å². The minimum Gasteiger partial charge on any atom is -0.490 e. The fraction of sp³-hybridized carbons (Fsp3) is 0.320. The van der Waals surface area contributed by atoms with Crippen LogP contribution in [0.15, 0.2) is 66.8 Å². The predicted octanol–water partition coefficient (Wildman–Crippen LogP) is 5.29. The second kappa shape index (κ2) is 9.57. The second-order valence-electron chi connectivity index (χ2n) is 7.77. The monoisotopic (exact) mass is 391 g/mol. The second-order valence-corrected chi connectivity index (χ2v) is 7.77. The highest BCUT2D eigenvalue weighted by Gasteiger charge is 2.22. The number of hydrogen-bond acceptors (Lipinski definition) is 3. The van der Waals surface area contributed by atoms with Crippen molar-refractivity contribution in [1.29, 1.82) is 0 Å². The molecule has 0 aromatic heterocycles. The van der Waals surface area contributed by atoms with Gasteiger partial charge in [-0.2, -0.15) is 0 Å². The van der Waals surface area contributed by atoms with Crippen molar-refractivity contribution in [2.24, 2.45) is 0 Å². The van der Waals surface area contributed by atoms with Gasteiger partial charge in [-0.3, -0.25) is 4.90 Å². The van der Waals surface area contributed by atoms with Gasteiger partial charge in [-0.1, -0.05) is 48.6 Å². The number of carboxylic acid groups (broad SMARTS) is 1. The van der Waals surface area contributed by atoms with Crippen molar-refractivity contribution in [3.05, 3.63) is 89.0 Å². The summed E-state index contributed by atoms with van der Waals surface area (Å²) in [6, 6.07) is 15.4. The molecule has 2 aromatic carbocycles. The Labute approximate surface area is 173 Å². The third-order valence-electron chi connectivity index (χ3n) is 5.20. The highest BCUT2D eigenvalue weighted by Crippen LogP contribution is 2.27. The molecule has 0 atom stereocenters. The van der Waals surface area contributed by atoms with E-state index in [-0.39, 0.29) is 6.10 Å². The maximum absolute atomic E-state index is 11.2. The standard InChI is InChI=1S/C25H29NO3/c1-18(2)15-24(23-10-5-4-7-19(23)3)29-22-11-13-26(14-12-22)17-20-8-6-9-21(16-20)25(27)28/h4-10,15-16,22H,1,11-14,17H2,2-3H3,(H,27,28)/b24-15+. The van der Waals surface area contributed by atoms with Crippen LogP contribution in [0.1, 0.15) is 46.8 Å². The number of carboxylic acids is 1. The number of allylic oxidation sites excluding steroid dienone is 2. The quantitative estimate of drug-likeness (QED) is 0.515. The first-order chi connectivity index (χ1) is 13.9. The van der Waals surface area contributed by atoms with Crippen LogP contribution < -0.4 is 0 Å². The zero-order valence-corrected chi connectivity index (χ0v) is 17.2. The Morgan fingerprint density at radius 1 is 1.21 bits per heavy atom. The summed E-state index contributed by atoms with van der Waals surface area (Å²) < 4.78 is 6.41. The Bertz CT molecular complexity index is 908. The summed E-state index contributed by atoms with van der Waals surface area (Å²) in [7, 11) is 0. The number of hydrogen-bond donors (Lipinski definition) is 1. The highest BCUT2D eigenvalue weighted by molar-refractivity contribution is 5.87. The Hall–Kier alpha value is -2.85. The first kappa shape index (κ1) is 20.9. The summed E-state index contributed by atoms with van der Waals surface area (Å²) >= 11 is 0. The molecule has 0 radical (unpaired) electrons. The van der Waals surface area contributed by atoms with Crippen molar-refractivity contribution in [3.8, 4) is 0 Å². The minimum atomic E-state index is -0.882. The number of piperidine rings is 1. The van der Waals surface area contributed by atoms with Crippen LogP contribution in [0.4, 0.5) is 0 Å². The maximum atomic E-state index is 11.2. The molecule has 4 heteroatoms. The largest absolute Gasteiger partial charge is 0.490 e. The lowest BCUT2D eigenvalue weighted by Gasteiger charge is -2.33. The van der Waals surface area contributed by atoms with Crippen molar-refractivity contribution < 1.29 is 14.6 Å². The summed E-state index contributed by atoms with van der Waals surface area (Å²) in [5, 5.41) is 9.17. The molecule has 152 valence electrons. The van der Waals surface area contributed by atoms with Crippen molar-refractivity contribution in [3.63, 3.8) is 0 Å². The average Bonchev–Trinajstić information content (AvgIpc) is 2.69. The number of rotatable bonds is 7. The van der Waals surface area contributed by atoms with Gasteiger partial charge in [0.15, 0.2) is 0 Å². The SMILES string of the molecule is C=C(C)/C=C(/OC1CCN(Cc2cccc(C(=O)O)c2)CC1)c1ccccc1C. The fourth-order valence-corrected chi connectivity index (χ4v) is 3.67. The number of nitrogens with zero attached hydrogens (tertiary/aromatic N) is 1. The van der Waals surface area contributed by atoms with Gasteiger partial charge in [0.1, 0.15) is 11.9 Å². The van der Waals surface area contributed by atoms with E-state index in [0.717, 1.165) is 54.9 Å². The molecule has 0 unspecified atom stereocenters. The van der Waals surface area contributed by atoms with Crippen molar-refractivity contribution in [2.75, 3.05) is 13.1 Å². The zero-order valence-electron chi connectivity index (χ0n) is 17.2. The van der Waals surface area contributed by atoms with Gasteiger partial charge in [0, 0.05) is 25.2 Å². The normalized spacial score (nSPS) is 15.9. The predicted molar refractivity (Wildman–Crippen MR) is 117 cm³/mol. The van der Waals surface area contributed by atoms with Crippen LogP contribution in [-0.4, -0.2) is 35.2 Å². The van der Waals surface area contributed by atoms with Gasteiger partial charge in [-0.05, 0) is 56.0 Å². The Balaban J connectivity index is 1.61. The van der Waals surface area contributed by atoms with Gasteiger partial charge in [0.05, 0.1) is 5.56 Å². The van der Waals surface area contributed by atoms with E-state index >= 15 is 0 Å². The van der Waals surface area contributed by atoms with Gasteiger partial charge in [-0.25, -0.2) is 4.79 Å². The molecule has 29 heavy (non-hydrogen) atoms. The van der Waals surface area contributed by atoms with Gasteiger partial charge >= 0.3 is 5.97 Å². The number of likely N-dealkylation sites (tertiary alicyclic amines) is 1. The molecule has 0 amide bonds. The summed E-state index contributed by atoms with van der Waals surface area (Å²) in [5.74, 6) is 0.00945. The van der Waals surface area contributed by atoms with E-state index in [1.807, 2.05) is 37.3 Å². The molecule has 1 fully saturated rings. The van der Waals surface area contributed by atoms with Crippen molar-refractivity contribution in [1.82, 2.24) is 4.90 Å². The molecule has 1 N–H and O–H groups in total. The minimum absolute atomic E-state index is 0.168. The van der Waals surface area contributed by atoms with Crippen molar-refractivity contribution >= 4 is 11.7 Å². The van der Waals surface area contributed by atoms with E-state index in [0.29, 0.717) is 5.56 Å². The molecule has 1 aliphatic rings. The number of ether oxygens (including phenoxy) is 1. The Morgan fingerprint density at radius 3 is 2.59 bits per heavy atom. The molecule has 0 spiro atoms. The van der Waals surface area contributed by atoms with Crippen LogP contribution in [0, 0.1) is 6.92 Å². The number of benzene rings is 2. The molecule has 0 bridgehead atoms. The molecule has 1 saturated heterocycles. The van der Waals surface area contributed by atoms with Crippen LogP contribution in [0.25, 0.3) is 5.76 Å². The van der Waals surface area contributed by atoms with Gasteiger partial charge in [0.25, 0.3) is 0 Å². The molecule has 1 aliphatic heterocycles. The van der Waals surface area contributed by atoms with Crippen molar-refractivity contribution in [2.45, 2.75) is 39.3 Å². The molecule has 0 saturated carbocycles. The lowest BCUT2D eigenvalue weighted by atomic mass is 10.0. The Morgan fingerprint density at radius 2 is 1.93 bits per heavy atom. The van der Waals surface area contributed by atoms with E-state index < -0.39 is 5.97 Å². The van der Waals surface area contributed by atoms with Gasteiger partial charge < -0.3 is 9.84 Å². The first-order valence-corrected chi connectivity index (χ1v) is 10.1. The lowest BCUT2D eigenvalue weighted by molar-refractivity contribution is 0.0696. The number of aromatic carboxylic acids is 1. The molecule has 1 heterocycles. The van der Waals surface area contributed by atoms with E-state index in [9.17, 15) is 4.79 Å². The summed E-state index contributed by atoms with van der Waals surface area (Å²) in [4.78, 5) is 13.5. The highest BCUT2D eigenvalue weighted by atomic mass is 16.5. The van der Waals surface area contributed by atoms with Crippen LogP contribution in [0.3, 0.4) is 0 Å². The zero-order chi connectivity index (χ0) is 20.8. The van der Waals surface area contributed by atoms with E-state index in [4.69, 9.17) is 9.84 Å². The summed E-state index contributed by atoms with van der Waals surface area (Å²) in [5.41, 5.74) is 4.65. The van der Waals surface area contributed by atoms with Crippen LogP contribution >= 0.6 is 0 Å². The third kappa shape index (κ3) is 5.81. The molecule has 4 nitrogen and oxygen atoms in total. The fourth-order valence-electron chi connectivity index (χ4n) is 3.67. The van der Waals surface area contributed by atoms with E-state index in [2.05, 4.69) is 30.5 Å². The number of aryl methyl sites for hydroxylation is 1. The van der Waals surface area contributed by atoms with E-state index in [1.165, 1.54) is 5.56 Å².